The number of rotatable bonds is 0. The molecule has 56 valence electrons. The second kappa shape index (κ2) is 2.38. The summed E-state index contributed by atoms with van der Waals surface area (Å²) in [5.74, 6) is -0.363. The molecule has 0 saturated carbocycles. The molecule has 0 aromatic carbocycles. The molecule has 1 aliphatic rings. The van der Waals surface area contributed by atoms with Crippen molar-refractivity contribution in [3.05, 3.63) is 0 Å². The summed E-state index contributed by atoms with van der Waals surface area (Å²) >= 11 is 0. The van der Waals surface area contributed by atoms with Crippen LogP contribution in [-0.2, 0) is 9.59 Å². The standard InChI is InChI=1S/C6H10N2O2/c1-4(9)8-3-5(7)2-6(8)10/h5H,2-3,7H2,1H3. The molecule has 1 saturated heterocycles. The Hall–Kier alpha value is -0.900. The Balaban J connectivity index is 2.63. The van der Waals surface area contributed by atoms with E-state index in [9.17, 15) is 9.59 Å². The quantitative estimate of drug-likeness (QED) is 0.476. The van der Waals surface area contributed by atoms with E-state index in [1.807, 2.05) is 0 Å². The van der Waals surface area contributed by atoms with Gasteiger partial charge in [-0.15, -0.1) is 0 Å². The van der Waals surface area contributed by atoms with Crippen molar-refractivity contribution >= 4 is 11.8 Å². The van der Waals surface area contributed by atoms with Gasteiger partial charge in [-0.3, -0.25) is 14.5 Å². The van der Waals surface area contributed by atoms with Crippen LogP contribution in [0, 0.1) is 0 Å². The maximum atomic E-state index is 10.9. The Kier molecular flexibility index (Phi) is 1.72. The number of hydrogen-bond acceptors (Lipinski definition) is 3. The highest BCUT2D eigenvalue weighted by atomic mass is 16.2. The Morgan fingerprint density at radius 3 is 2.60 bits per heavy atom. The van der Waals surface area contributed by atoms with Gasteiger partial charge in [0.1, 0.15) is 0 Å². The number of amides is 2. The fourth-order valence-corrected chi connectivity index (χ4v) is 1.04. The second-order valence-electron chi connectivity index (χ2n) is 2.49. The average molecular weight is 142 g/mol. The summed E-state index contributed by atoms with van der Waals surface area (Å²) in [4.78, 5) is 22.7. The average Bonchev–Trinajstić information content (AvgIpc) is 2.10. The molecule has 0 spiro atoms. The molecule has 10 heavy (non-hydrogen) atoms. The molecular weight excluding hydrogens is 132 g/mol. The van der Waals surface area contributed by atoms with Gasteiger partial charge in [-0.2, -0.15) is 0 Å². The first-order valence-electron chi connectivity index (χ1n) is 3.18. The zero-order valence-electron chi connectivity index (χ0n) is 5.83. The van der Waals surface area contributed by atoms with Crippen molar-refractivity contribution in [1.29, 1.82) is 0 Å². The molecule has 4 nitrogen and oxygen atoms in total. The van der Waals surface area contributed by atoms with Crippen molar-refractivity contribution in [2.75, 3.05) is 6.54 Å². The van der Waals surface area contributed by atoms with Crippen LogP contribution in [0.2, 0.25) is 0 Å². The smallest absolute Gasteiger partial charge is 0.230 e. The van der Waals surface area contributed by atoms with Gasteiger partial charge in [-0.25, -0.2) is 0 Å². The van der Waals surface area contributed by atoms with Crippen molar-refractivity contribution in [2.45, 2.75) is 19.4 Å². The minimum Gasteiger partial charge on any atom is -0.326 e. The van der Waals surface area contributed by atoms with E-state index < -0.39 is 0 Å². The highest BCUT2D eigenvalue weighted by molar-refractivity contribution is 5.96. The van der Waals surface area contributed by atoms with Crippen LogP contribution in [0.25, 0.3) is 0 Å². The summed E-state index contributed by atoms with van der Waals surface area (Å²) in [5, 5.41) is 0. The van der Waals surface area contributed by atoms with E-state index >= 15 is 0 Å². The monoisotopic (exact) mass is 142 g/mol. The SMILES string of the molecule is CC(=O)N1CC(N)CC1=O. The number of imide groups is 1. The molecule has 1 unspecified atom stereocenters. The molecule has 0 radical (unpaired) electrons. The van der Waals surface area contributed by atoms with E-state index in [2.05, 4.69) is 0 Å². The van der Waals surface area contributed by atoms with Crippen LogP contribution >= 0.6 is 0 Å². The van der Waals surface area contributed by atoms with Crippen LogP contribution < -0.4 is 5.73 Å². The van der Waals surface area contributed by atoms with Gasteiger partial charge in [-0.05, 0) is 0 Å². The molecule has 2 N–H and O–H groups in total. The van der Waals surface area contributed by atoms with Crippen LogP contribution in [0.15, 0.2) is 0 Å². The number of carbonyl (C=O) groups excluding carboxylic acids is 2. The topological polar surface area (TPSA) is 63.4 Å². The largest absolute Gasteiger partial charge is 0.326 e. The summed E-state index contributed by atoms with van der Waals surface area (Å²) in [5.41, 5.74) is 5.44. The van der Waals surface area contributed by atoms with E-state index in [1.165, 1.54) is 11.8 Å². The van der Waals surface area contributed by atoms with E-state index in [0.29, 0.717) is 13.0 Å². The lowest BCUT2D eigenvalue weighted by molar-refractivity contribution is -0.140. The third kappa shape index (κ3) is 1.16. The van der Waals surface area contributed by atoms with Crippen molar-refractivity contribution in [3.8, 4) is 0 Å². The predicted molar refractivity (Wildman–Crippen MR) is 35.0 cm³/mol. The second-order valence-corrected chi connectivity index (χ2v) is 2.49. The van der Waals surface area contributed by atoms with Crippen LogP contribution in [0.5, 0.6) is 0 Å². The summed E-state index contributed by atoms with van der Waals surface area (Å²) in [7, 11) is 0. The van der Waals surface area contributed by atoms with Gasteiger partial charge in [0.15, 0.2) is 0 Å². The molecule has 0 aromatic heterocycles. The molecule has 0 bridgehead atoms. The first-order valence-corrected chi connectivity index (χ1v) is 3.18. The molecule has 1 atom stereocenters. The highest BCUT2D eigenvalue weighted by Gasteiger charge is 2.29. The number of carbonyl (C=O) groups is 2. The first kappa shape index (κ1) is 7.21. The van der Waals surface area contributed by atoms with Gasteiger partial charge in [0.05, 0.1) is 0 Å². The third-order valence-electron chi connectivity index (χ3n) is 1.54. The van der Waals surface area contributed by atoms with Crippen LogP contribution in [0.1, 0.15) is 13.3 Å². The predicted octanol–water partition coefficient (Wildman–Crippen LogP) is -0.908. The summed E-state index contributed by atoms with van der Waals surface area (Å²) in [6, 6.07) is -0.156. The molecule has 1 aliphatic heterocycles. The normalized spacial score (nSPS) is 25.6. The zero-order valence-corrected chi connectivity index (χ0v) is 5.83. The molecule has 0 aromatic rings. The van der Waals surface area contributed by atoms with Crippen molar-refractivity contribution < 1.29 is 9.59 Å². The van der Waals surface area contributed by atoms with E-state index in [0.717, 1.165) is 0 Å². The lowest BCUT2D eigenvalue weighted by atomic mass is 10.3. The molecule has 1 fully saturated rings. The Labute approximate surface area is 59.0 Å². The number of likely N-dealkylation sites (tertiary alicyclic amines) is 1. The molecule has 2 amide bonds. The van der Waals surface area contributed by atoms with Crippen molar-refractivity contribution in [2.24, 2.45) is 5.73 Å². The van der Waals surface area contributed by atoms with E-state index in [-0.39, 0.29) is 17.9 Å². The van der Waals surface area contributed by atoms with Crippen molar-refractivity contribution in [3.63, 3.8) is 0 Å². The minimum atomic E-state index is -0.210. The third-order valence-corrected chi connectivity index (χ3v) is 1.54. The van der Waals surface area contributed by atoms with Crippen LogP contribution in [0.4, 0.5) is 0 Å². The number of hydrogen-bond donors (Lipinski definition) is 1. The van der Waals surface area contributed by atoms with Gasteiger partial charge in [0.25, 0.3) is 0 Å². The van der Waals surface area contributed by atoms with Crippen LogP contribution in [-0.4, -0.2) is 29.3 Å². The molecule has 1 rings (SSSR count). The fourth-order valence-electron chi connectivity index (χ4n) is 1.04. The Morgan fingerprint density at radius 2 is 2.40 bits per heavy atom. The Morgan fingerprint density at radius 1 is 1.80 bits per heavy atom. The van der Waals surface area contributed by atoms with Gasteiger partial charge >= 0.3 is 0 Å². The van der Waals surface area contributed by atoms with Gasteiger partial charge < -0.3 is 5.73 Å². The number of nitrogens with zero attached hydrogens (tertiary/aromatic N) is 1. The maximum absolute atomic E-state index is 10.9. The van der Waals surface area contributed by atoms with Gasteiger partial charge in [0, 0.05) is 25.9 Å². The highest BCUT2D eigenvalue weighted by Crippen LogP contribution is 2.08. The lowest BCUT2D eigenvalue weighted by Gasteiger charge is -2.09. The zero-order chi connectivity index (χ0) is 7.72. The van der Waals surface area contributed by atoms with Gasteiger partial charge in [0.2, 0.25) is 11.8 Å². The summed E-state index contributed by atoms with van der Waals surface area (Å²) in [6.07, 6.45) is 0.305. The minimum absolute atomic E-state index is 0.153. The van der Waals surface area contributed by atoms with Crippen molar-refractivity contribution in [1.82, 2.24) is 4.90 Å². The lowest BCUT2D eigenvalue weighted by Crippen LogP contribution is -2.32. The van der Waals surface area contributed by atoms with E-state index in [1.54, 1.807) is 0 Å². The molecule has 4 heteroatoms. The Bertz CT molecular complexity index is 179. The number of nitrogens with two attached hydrogens (primary N) is 1. The first-order chi connectivity index (χ1) is 4.61. The summed E-state index contributed by atoms with van der Waals surface area (Å²) in [6.45, 7) is 1.75. The summed E-state index contributed by atoms with van der Waals surface area (Å²) < 4.78 is 0. The molecular formula is C6H10N2O2. The fraction of sp³-hybridized carbons (Fsp3) is 0.667. The molecule has 1 heterocycles. The van der Waals surface area contributed by atoms with Gasteiger partial charge in [-0.1, -0.05) is 0 Å². The van der Waals surface area contributed by atoms with E-state index in [4.69, 9.17) is 5.73 Å². The maximum Gasteiger partial charge on any atom is 0.230 e. The van der Waals surface area contributed by atoms with Crippen LogP contribution in [0.3, 0.4) is 0 Å². The molecule has 0 aliphatic carbocycles.